The van der Waals surface area contributed by atoms with Gasteiger partial charge in [0.15, 0.2) is 17.3 Å². The summed E-state index contributed by atoms with van der Waals surface area (Å²) in [6, 6.07) is 18.4. The number of esters is 1. The van der Waals surface area contributed by atoms with E-state index < -0.39 is 17.5 Å². The largest absolute Gasteiger partial charge is 0.505 e. The quantitative estimate of drug-likeness (QED) is 0.165. The van der Waals surface area contributed by atoms with Gasteiger partial charge in [-0.25, -0.2) is 4.79 Å². The van der Waals surface area contributed by atoms with Gasteiger partial charge in [-0.2, -0.15) is 0 Å². The molecule has 194 valence electrons. The molecule has 6 heteroatoms. The van der Waals surface area contributed by atoms with Crippen molar-refractivity contribution in [1.82, 2.24) is 0 Å². The number of unbranched alkanes of at least 4 members (excludes halogenated alkanes) is 3. The molecule has 3 rings (SSSR count). The molecule has 0 aromatic heterocycles. The lowest BCUT2D eigenvalue weighted by molar-refractivity contribution is 0.0495. The van der Waals surface area contributed by atoms with Crippen LogP contribution in [-0.4, -0.2) is 42.3 Å². The fourth-order valence-corrected chi connectivity index (χ4v) is 4.32. The van der Waals surface area contributed by atoms with Gasteiger partial charge in [-0.1, -0.05) is 86.8 Å². The number of anilines is 1. The first-order chi connectivity index (χ1) is 17.9. The molecule has 0 aliphatic carbocycles. The minimum atomic E-state index is -0.689. The molecule has 0 saturated heterocycles. The molecule has 0 atom stereocenters. The van der Waals surface area contributed by atoms with Crippen molar-refractivity contribution in [1.29, 1.82) is 0 Å². The van der Waals surface area contributed by atoms with Crippen molar-refractivity contribution in [2.45, 2.75) is 46.5 Å². The molecule has 0 unspecified atom stereocenters. The highest BCUT2D eigenvalue weighted by atomic mass is 16.5. The lowest BCUT2D eigenvalue weighted by atomic mass is 9.87. The van der Waals surface area contributed by atoms with E-state index in [0.717, 1.165) is 19.3 Å². The maximum Gasteiger partial charge on any atom is 0.338 e. The maximum atomic E-state index is 13.8. The Morgan fingerprint density at radius 2 is 1.30 bits per heavy atom. The second-order valence-corrected chi connectivity index (χ2v) is 8.80. The normalized spacial score (nSPS) is 10.7. The highest BCUT2D eigenvalue weighted by molar-refractivity contribution is 6.24. The summed E-state index contributed by atoms with van der Waals surface area (Å²) >= 11 is 0. The number of ether oxygens (including phenoxy) is 1. The van der Waals surface area contributed by atoms with Gasteiger partial charge in [0.1, 0.15) is 0 Å². The van der Waals surface area contributed by atoms with Crippen LogP contribution < -0.4 is 4.90 Å². The predicted molar refractivity (Wildman–Crippen MR) is 146 cm³/mol. The van der Waals surface area contributed by atoms with Crippen molar-refractivity contribution >= 4 is 23.2 Å². The van der Waals surface area contributed by atoms with Crippen LogP contribution in [0.25, 0.3) is 0 Å². The lowest BCUT2D eigenvalue weighted by Gasteiger charge is -2.25. The van der Waals surface area contributed by atoms with E-state index in [-0.39, 0.29) is 29.0 Å². The number of carbonyl (C=O) groups is 3. The van der Waals surface area contributed by atoms with Crippen molar-refractivity contribution in [3.63, 3.8) is 0 Å². The fraction of sp³-hybridized carbons (Fsp3) is 0.323. The van der Waals surface area contributed by atoms with Gasteiger partial charge in [-0.15, -0.1) is 0 Å². The summed E-state index contributed by atoms with van der Waals surface area (Å²) in [6.45, 7) is 7.19. The number of hydrogen-bond acceptors (Lipinski definition) is 6. The van der Waals surface area contributed by atoms with Crippen LogP contribution >= 0.6 is 0 Å². The zero-order valence-electron chi connectivity index (χ0n) is 21.8. The SMILES string of the molecule is CCCCCCOC(=O)c1cc(N(CC)CC)c(O)c(C(=O)c2ccccc2)c1C(=O)c1ccccc1. The first kappa shape index (κ1) is 27.7. The Bertz CT molecular complexity index is 1220. The van der Waals surface area contributed by atoms with Gasteiger partial charge < -0.3 is 14.7 Å². The van der Waals surface area contributed by atoms with E-state index in [9.17, 15) is 19.5 Å². The molecule has 0 aliphatic rings. The van der Waals surface area contributed by atoms with Crippen LogP contribution in [0.15, 0.2) is 66.7 Å². The van der Waals surface area contributed by atoms with Gasteiger partial charge in [0.05, 0.1) is 29.0 Å². The molecule has 0 bridgehead atoms. The van der Waals surface area contributed by atoms with Crippen LogP contribution in [0.1, 0.15) is 88.7 Å². The monoisotopic (exact) mass is 501 g/mol. The van der Waals surface area contributed by atoms with E-state index in [2.05, 4.69) is 6.92 Å². The molecular weight excluding hydrogens is 466 g/mol. The number of phenolic OH excluding ortho intramolecular Hbond substituents is 1. The number of aromatic hydroxyl groups is 1. The summed E-state index contributed by atoms with van der Waals surface area (Å²) in [7, 11) is 0. The highest BCUT2D eigenvalue weighted by Gasteiger charge is 2.32. The molecule has 0 aliphatic heterocycles. The summed E-state index contributed by atoms with van der Waals surface area (Å²) in [5, 5.41) is 11.4. The zero-order chi connectivity index (χ0) is 26.8. The van der Waals surface area contributed by atoms with Gasteiger partial charge in [-0.3, -0.25) is 9.59 Å². The second kappa shape index (κ2) is 13.4. The summed E-state index contributed by atoms with van der Waals surface area (Å²) in [6.07, 6.45) is 3.73. The molecule has 3 aromatic rings. The third-order valence-electron chi connectivity index (χ3n) is 6.36. The number of phenols is 1. The van der Waals surface area contributed by atoms with Gasteiger partial charge in [0.2, 0.25) is 0 Å². The molecule has 0 radical (unpaired) electrons. The van der Waals surface area contributed by atoms with E-state index >= 15 is 0 Å². The molecule has 0 saturated carbocycles. The van der Waals surface area contributed by atoms with E-state index in [4.69, 9.17) is 4.74 Å². The van der Waals surface area contributed by atoms with Crippen LogP contribution in [-0.2, 0) is 4.74 Å². The van der Waals surface area contributed by atoms with Crippen molar-refractivity contribution in [2.24, 2.45) is 0 Å². The number of carbonyl (C=O) groups excluding carboxylic acids is 3. The molecule has 37 heavy (non-hydrogen) atoms. The van der Waals surface area contributed by atoms with Crippen LogP contribution in [0.4, 0.5) is 5.69 Å². The number of rotatable bonds is 13. The molecule has 1 N–H and O–H groups in total. The van der Waals surface area contributed by atoms with Crippen molar-refractivity contribution in [2.75, 3.05) is 24.6 Å². The first-order valence-electron chi connectivity index (χ1n) is 13.0. The van der Waals surface area contributed by atoms with E-state index in [1.807, 2.05) is 18.7 Å². The fourth-order valence-electron chi connectivity index (χ4n) is 4.32. The number of nitrogens with zero attached hydrogens (tertiary/aromatic N) is 1. The minimum Gasteiger partial charge on any atom is -0.505 e. The third kappa shape index (κ3) is 6.45. The van der Waals surface area contributed by atoms with E-state index in [1.165, 1.54) is 6.07 Å². The van der Waals surface area contributed by atoms with Crippen LogP contribution in [0.3, 0.4) is 0 Å². The average molecular weight is 502 g/mol. The molecule has 0 fully saturated rings. The maximum absolute atomic E-state index is 13.8. The third-order valence-corrected chi connectivity index (χ3v) is 6.36. The van der Waals surface area contributed by atoms with Gasteiger partial charge in [-0.05, 0) is 26.3 Å². The molecule has 0 heterocycles. The predicted octanol–water partition coefficient (Wildman–Crippen LogP) is 6.44. The molecule has 0 amide bonds. The van der Waals surface area contributed by atoms with E-state index in [0.29, 0.717) is 36.3 Å². The smallest absolute Gasteiger partial charge is 0.338 e. The van der Waals surface area contributed by atoms with Crippen LogP contribution in [0.2, 0.25) is 0 Å². The second-order valence-electron chi connectivity index (χ2n) is 8.80. The molecule has 6 nitrogen and oxygen atoms in total. The molecule has 3 aromatic carbocycles. The minimum absolute atomic E-state index is 0.0247. The van der Waals surface area contributed by atoms with Gasteiger partial charge in [0.25, 0.3) is 0 Å². The standard InChI is InChI=1S/C31H35NO5/c1-4-7-8-15-20-37-31(36)24-21-25(32(5-2)6-3)30(35)27(29(34)23-18-13-10-14-19-23)26(24)28(33)22-16-11-9-12-17-22/h9-14,16-19,21,35H,4-8,15,20H2,1-3H3. The Hall–Kier alpha value is -3.93. The van der Waals surface area contributed by atoms with Crippen molar-refractivity contribution in [3.05, 3.63) is 94.5 Å². The topological polar surface area (TPSA) is 83.9 Å². The van der Waals surface area contributed by atoms with Gasteiger partial charge in [0, 0.05) is 24.2 Å². The lowest BCUT2D eigenvalue weighted by Crippen LogP contribution is -2.25. The Morgan fingerprint density at radius 3 is 1.81 bits per heavy atom. The Morgan fingerprint density at radius 1 is 0.757 bits per heavy atom. The van der Waals surface area contributed by atoms with E-state index in [1.54, 1.807) is 60.7 Å². The number of hydrogen-bond donors (Lipinski definition) is 1. The zero-order valence-corrected chi connectivity index (χ0v) is 21.8. The van der Waals surface area contributed by atoms with Crippen molar-refractivity contribution < 1.29 is 24.2 Å². The highest BCUT2D eigenvalue weighted by Crippen LogP contribution is 2.38. The Kier molecular flexibility index (Phi) is 10.0. The first-order valence-corrected chi connectivity index (χ1v) is 13.0. The van der Waals surface area contributed by atoms with Crippen LogP contribution in [0.5, 0.6) is 5.75 Å². The average Bonchev–Trinajstić information content (AvgIpc) is 2.94. The van der Waals surface area contributed by atoms with Gasteiger partial charge >= 0.3 is 5.97 Å². The summed E-state index contributed by atoms with van der Waals surface area (Å²) in [5.41, 5.74) is 0.552. The number of benzene rings is 3. The van der Waals surface area contributed by atoms with Crippen LogP contribution in [0, 0.1) is 0 Å². The Labute approximate surface area is 218 Å². The molecule has 0 spiro atoms. The number of ketones is 2. The Balaban J connectivity index is 2.25. The summed E-state index contributed by atoms with van der Waals surface area (Å²) in [4.78, 5) is 42.9. The summed E-state index contributed by atoms with van der Waals surface area (Å²) in [5.74, 6) is -2.08. The van der Waals surface area contributed by atoms with Crippen molar-refractivity contribution in [3.8, 4) is 5.75 Å². The molecular formula is C31H35NO5. The summed E-state index contributed by atoms with van der Waals surface area (Å²) < 4.78 is 5.58.